The van der Waals surface area contributed by atoms with E-state index in [1.165, 1.54) is 13.3 Å². The summed E-state index contributed by atoms with van der Waals surface area (Å²) in [6.45, 7) is 0. The lowest BCUT2D eigenvalue weighted by Crippen LogP contribution is -2.25. The summed E-state index contributed by atoms with van der Waals surface area (Å²) in [7, 11) is 1.32. The Labute approximate surface area is 144 Å². The lowest BCUT2D eigenvalue weighted by atomic mass is 10.2. The van der Waals surface area contributed by atoms with Crippen LogP contribution < -0.4 is 10.6 Å². The van der Waals surface area contributed by atoms with Crippen molar-refractivity contribution in [3.05, 3.63) is 52.8 Å². The van der Waals surface area contributed by atoms with Gasteiger partial charge in [0, 0.05) is 12.2 Å². The molecular formula is C17H16ClN3O3. The molecule has 6 nitrogen and oxygen atoms in total. The Kier molecular flexibility index (Phi) is 4.66. The van der Waals surface area contributed by atoms with E-state index < -0.39 is 5.97 Å². The number of amides is 1. The van der Waals surface area contributed by atoms with Crippen molar-refractivity contribution in [2.45, 2.75) is 18.9 Å². The van der Waals surface area contributed by atoms with Crippen LogP contribution in [0.1, 0.15) is 33.6 Å². The molecule has 7 heteroatoms. The van der Waals surface area contributed by atoms with Gasteiger partial charge in [0.15, 0.2) is 0 Å². The van der Waals surface area contributed by atoms with Gasteiger partial charge in [-0.25, -0.2) is 4.79 Å². The third-order valence-corrected chi connectivity index (χ3v) is 3.91. The number of esters is 1. The summed E-state index contributed by atoms with van der Waals surface area (Å²) < 4.78 is 4.70. The van der Waals surface area contributed by atoms with Gasteiger partial charge in [0.2, 0.25) is 0 Å². The first kappa shape index (κ1) is 16.3. The van der Waals surface area contributed by atoms with Gasteiger partial charge in [-0.05, 0) is 37.1 Å². The Hall–Kier alpha value is -2.60. The minimum absolute atomic E-state index is 0.150. The van der Waals surface area contributed by atoms with Crippen LogP contribution in [0.25, 0.3) is 0 Å². The fourth-order valence-electron chi connectivity index (χ4n) is 2.15. The standard InChI is InChI=1S/C17H16ClN3O3/c1-24-17(23)10-2-5-14(18)15(7-10)20-13-6-11(8-19-9-13)16(22)21-12-3-4-12/h2,5-9,12,20H,3-4H2,1H3,(H,21,22). The van der Waals surface area contributed by atoms with Crippen LogP contribution in [0, 0.1) is 0 Å². The number of nitrogens with one attached hydrogen (secondary N) is 2. The van der Waals surface area contributed by atoms with E-state index in [-0.39, 0.29) is 11.9 Å². The molecule has 1 aliphatic rings. The molecule has 0 radical (unpaired) electrons. The van der Waals surface area contributed by atoms with Crippen molar-refractivity contribution >= 4 is 34.9 Å². The average Bonchev–Trinajstić information content (AvgIpc) is 3.40. The molecule has 1 aromatic carbocycles. The number of rotatable bonds is 5. The summed E-state index contributed by atoms with van der Waals surface area (Å²) in [5.74, 6) is -0.603. The Balaban J connectivity index is 1.80. The van der Waals surface area contributed by atoms with Gasteiger partial charge in [0.1, 0.15) is 0 Å². The Bertz CT molecular complexity index is 790. The van der Waals surface area contributed by atoms with E-state index in [1.807, 2.05) is 0 Å². The molecule has 0 unspecified atom stereocenters. The van der Waals surface area contributed by atoms with Gasteiger partial charge in [-0.3, -0.25) is 9.78 Å². The van der Waals surface area contributed by atoms with Crippen LogP contribution in [0.3, 0.4) is 0 Å². The summed E-state index contributed by atoms with van der Waals surface area (Å²) in [5.41, 5.74) is 1.97. The smallest absolute Gasteiger partial charge is 0.337 e. The molecule has 24 heavy (non-hydrogen) atoms. The summed E-state index contributed by atoms with van der Waals surface area (Å²) in [6.07, 6.45) is 5.13. The number of halogens is 1. The monoisotopic (exact) mass is 345 g/mol. The van der Waals surface area contributed by atoms with Crippen molar-refractivity contribution in [2.75, 3.05) is 12.4 Å². The molecule has 0 bridgehead atoms. The number of hydrogen-bond donors (Lipinski definition) is 2. The maximum Gasteiger partial charge on any atom is 0.337 e. The van der Waals surface area contributed by atoms with Crippen LogP contribution in [0.2, 0.25) is 5.02 Å². The summed E-state index contributed by atoms with van der Waals surface area (Å²) in [5, 5.41) is 6.42. The van der Waals surface area contributed by atoms with E-state index >= 15 is 0 Å². The molecule has 1 amide bonds. The van der Waals surface area contributed by atoms with Crippen LogP contribution in [0.15, 0.2) is 36.7 Å². The van der Waals surface area contributed by atoms with Gasteiger partial charge in [-0.1, -0.05) is 11.6 Å². The van der Waals surface area contributed by atoms with Crippen molar-refractivity contribution in [1.29, 1.82) is 0 Å². The number of anilines is 2. The molecule has 2 N–H and O–H groups in total. The van der Waals surface area contributed by atoms with Crippen LogP contribution >= 0.6 is 11.6 Å². The van der Waals surface area contributed by atoms with Gasteiger partial charge < -0.3 is 15.4 Å². The third-order valence-electron chi connectivity index (χ3n) is 3.58. The normalized spacial score (nSPS) is 13.2. The maximum absolute atomic E-state index is 12.1. The first-order valence-electron chi connectivity index (χ1n) is 7.47. The second kappa shape index (κ2) is 6.88. The SMILES string of the molecule is COC(=O)c1ccc(Cl)c(Nc2cncc(C(=O)NC3CC3)c2)c1. The molecule has 0 aliphatic heterocycles. The van der Waals surface area contributed by atoms with Crippen molar-refractivity contribution in [3.8, 4) is 0 Å². The highest BCUT2D eigenvalue weighted by Crippen LogP contribution is 2.27. The molecule has 1 aromatic heterocycles. The number of carbonyl (C=O) groups is 2. The molecular weight excluding hydrogens is 330 g/mol. The minimum atomic E-state index is -0.453. The maximum atomic E-state index is 12.1. The van der Waals surface area contributed by atoms with E-state index in [9.17, 15) is 9.59 Å². The average molecular weight is 346 g/mol. The predicted molar refractivity (Wildman–Crippen MR) is 90.8 cm³/mol. The van der Waals surface area contributed by atoms with E-state index in [0.717, 1.165) is 12.8 Å². The number of aromatic nitrogens is 1. The first-order chi connectivity index (χ1) is 11.6. The highest BCUT2D eigenvalue weighted by molar-refractivity contribution is 6.33. The van der Waals surface area contributed by atoms with Gasteiger partial charge in [-0.2, -0.15) is 0 Å². The van der Waals surface area contributed by atoms with Gasteiger partial charge in [-0.15, -0.1) is 0 Å². The van der Waals surface area contributed by atoms with Crippen LogP contribution in [0.4, 0.5) is 11.4 Å². The topological polar surface area (TPSA) is 80.3 Å². The third kappa shape index (κ3) is 3.83. The van der Waals surface area contributed by atoms with E-state index in [1.54, 1.807) is 30.5 Å². The van der Waals surface area contributed by atoms with Gasteiger partial charge >= 0.3 is 5.97 Å². The Morgan fingerprint density at radius 3 is 2.71 bits per heavy atom. The number of nitrogens with zero attached hydrogens (tertiary/aromatic N) is 1. The van der Waals surface area contributed by atoms with Gasteiger partial charge in [0.05, 0.1) is 40.8 Å². The fraction of sp³-hybridized carbons (Fsp3) is 0.235. The number of benzene rings is 1. The molecule has 124 valence electrons. The Morgan fingerprint density at radius 1 is 1.21 bits per heavy atom. The number of pyridine rings is 1. The number of ether oxygens (including phenoxy) is 1. The zero-order chi connectivity index (χ0) is 17.1. The first-order valence-corrected chi connectivity index (χ1v) is 7.85. The molecule has 1 heterocycles. The van der Waals surface area contributed by atoms with Crippen molar-refractivity contribution < 1.29 is 14.3 Å². The Morgan fingerprint density at radius 2 is 2.00 bits per heavy atom. The van der Waals surface area contributed by atoms with Gasteiger partial charge in [0.25, 0.3) is 5.91 Å². The second-order valence-electron chi connectivity index (χ2n) is 5.52. The summed E-state index contributed by atoms with van der Waals surface area (Å²) in [6, 6.07) is 6.74. The van der Waals surface area contributed by atoms with Crippen LogP contribution in [-0.4, -0.2) is 30.0 Å². The van der Waals surface area contributed by atoms with E-state index in [4.69, 9.17) is 16.3 Å². The zero-order valence-electron chi connectivity index (χ0n) is 13.0. The lowest BCUT2D eigenvalue weighted by Gasteiger charge is -2.11. The van der Waals surface area contributed by atoms with Crippen LogP contribution in [0.5, 0.6) is 0 Å². The molecule has 0 spiro atoms. The minimum Gasteiger partial charge on any atom is -0.465 e. The highest BCUT2D eigenvalue weighted by atomic mass is 35.5. The highest BCUT2D eigenvalue weighted by Gasteiger charge is 2.24. The lowest BCUT2D eigenvalue weighted by molar-refractivity contribution is 0.0600. The largest absolute Gasteiger partial charge is 0.465 e. The molecule has 3 rings (SSSR count). The van der Waals surface area contributed by atoms with Crippen LogP contribution in [-0.2, 0) is 4.74 Å². The summed E-state index contributed by atoms with van der Waals surface area (Å²) in [4.78, 5) is 27.8. The molecule has 1 aliphatic carbocycles. The number of carbonyl (C=O) groups excluding carboxylic acids is 2. The number of hydrogen-bond acceptors (Lipinski definition) is 5. The molecule has 1 fully saturated rings. The zero-order valence-corrected chi connectivity index (χ0v) is 13.8. The molecule has 0 atom stereocenters. The predicted octanol–water partition coefficient (Wildman–Crippen LogP) is 3.16. The fourth-order valence-corrected chi connectivity index (χ4v) is 2.32. The molecule has 0 saturated heterocycles. The summed E-state index contributed by atoms with van der Waals surface area (Å²) >= 11 is 6.16. The molecule has 2 aromatic rings. The van der Waals surface area contributed by atoms with E-state index in [2.05, 4.69) is 15.6 Å². The van der Waals surface area contributed by atoms with Crippen molar-refractivity contribution in [3.63, 3.8) is 0 Å². The van der Waals surface area contributed by atoms with Crippen molar-refractivity contribution in [2.24, 2.45) is 0 Å². The van der Waals surface area contributed by atoms with Crippen molar-refractivity contribution in [1.82, 2.24) is 10.3 Å². The molecule has 1 saturated carbocycles. The number of methoxy groups -OCH3 is 1. The quantitative estimate of drug-likeness (QED) is 0.814. The second-order valence-corrected chi connectivity index (χ2v) is 5.93. The van der Waals surface area contributed by atoms with E-state index in [0.29, 0.717) is 27.5 Å².